The normalized spacial score (nSPS) is 16.4. The van der Waals surface area contributed by atoms with Crippen molar-refractivity contribution in [3.63, 3.8) is 0 Å². The van der Waals surface area contributed by atoms with Crippen LogP contribution in [0.25, 0.3) is 0 Å². The molecule has 19 heavy (non-hydrogen) atoms. The van der Waals surface area contributed by atoms with Crippen molar-refractivity contribution in [3.8, 4) is 0 Å². The Bertz CT molecular complexity index is 423. The minimum absolute atomic E-state index is 0.564. The maximum Gasteiger partial charge on any atom is 0.0637 e. The number of ether oxygens (including phenoxy) is 1. The lowest BCUT2D eigenvalue weighted by atomic mass is 10.1. The van der Waals surface area contributed by atoms with Crippen molar-refractivity contribution in [3.05, 3.63) is 28.8 Å². The van der Waals surface area contributed by atoms with Crippen LogP contribution in [0.15, 0.2) is 18.2 Å². The maximum atomic E-state index is 6.10. The second kappa shape index (κ2) is 6.96. The zero-order valence-electron chi connectivity index (χ0n) is 11.5. The number of nitrogens with zero attached hydrogens (tertiary/aromatic N) is 1. The second-order valence-corrected chi connectivity index (χ2v) is 6.17. The Balaban J connectivity index is 2.25. The Morgan fingerprint density at radius 3 is 2.79 bits per heavy atom. The fourth-order valence-electron chi connectivity index (χ4n) is 2.51. The largest absolute Gasteiger partial charge is 0.383 e. The average Bonchev–Trinajstić information content (AvgIpc) is 3.24. The molecule has 1 fully saturated rings. The van der Waals surface area contributed by atoms with Gasteiger partial charge in [0.15, 0.2) is 0 Å². The minimum atomic E-state index is 0.564. The van der Waals surface area contributed by atoms with Crippen LogP contribution in [0.1, 0.15) is 25.3 Å². The van der Waals surface area contributed by atoms with Crippen molar-refractivity contribution in [1.82, 2.24) is 0 Å². The summed E-state index contributed by atoms with van der Waals surface area (Å²) in [4.78, 5) is 2.47. The molecule has 1 saturated carbocycles. The van der Waals surface area contributed by atoms with Crippen LogP contribution in [-0.4, -0.2) is 26.3 Å². The highest BCUT2D eigenvalue weighted by molar-refractivity contribution is 9.08. The molecule has 0 aromatic heterocycles. The van der Waals surface area contributed by atoms with Crippen molar-refractivity contribution >= 4 is 33.2 Å². The monoisotopic (exact) mass is 345 g/mol. The number of methoxy groups -OCH3 is 1. The molecule has 0 aliphatic heterocycles. The Kier molecular flexibility index (Phi) is 5.55. The molecule has 1 aliphatic rings. The Morgan fingerprint density at radius 2 is 2.21 bits per heavy atom. The van der Waals surface area contributed by atoms with Crippen molar-refractivity contribution in [1.29, 1.82) is 0 Å². The van der Waals surface area contributed by atoms with Gasteiger partial charge in [0.1, 0.15) is 0 Å². The van der Waals surface area contributed by atoms with E-state index in [9.17, 15) is 0 Å². The van der Waals surface area contributed by atoms with Gasteiger partial charge in [-0.1, -0.05) is 27.5 Å². The number of hydrogen-bond donors (Lipinski definition) is 0. The van der Waals surface area contributed by atoms with E-state index in [1.807, 2.05) is 12.1 Å². The highest BCUT2D eigenvalue weighted by Crippen LogP contribution is 2.38. The summed E-state index contributed by atoms with van der Waals surface area (Å²) in [5.74, 6) is 0.829. The molecule has 1 atom stereocenters. The van der Waals surface area contributed by atoms with E-state index in [1.54, 1.807) is 7.11 Å². The molecule has 0 bridgehead atoms. The molecule has 0 amide bonds. The van der Waals surface area contributed by atoms with Gasteiger partial charge in [0.2, 0.25) is 0 Å². The summed E-state index contributed by atoms with van der Waals surface area (Å²) in [5, 5.41) is 1.62. The van der Waals surface area contributed by atoms with Crippen LogP contribution in [0.2, 0.25) is 5.02 Å². The van der Waals surface area contributed by atoms with Gasteiger partial charge in [-0.2, -0.15) is 0 Å². The van der Waals surface area contributed by atoms with E-state index in [0.717, 1.165) is 29.4 Å². The number of benzene rings is 1. The predicted octanol–water partition coefficient (Wildman–Crippen LogP) is 4.49. The molecule has 4 heteroatoms. The lowest BCUT2D eigenvalue weighted by Crippen LogP contribution is -2.37. The number of rotatable bonds is 7. The maximum absolute atomic E-state index is 6.10. The quantitative estimate of drug-likeness (QED) is 0.675. The summed E-state index contributed by atoms with van der Waals surface area (Å²) in [6.07, 6.45) is 2.70. The molecule has 1 unspecified atom stereocenters. The first-order valence-corrected chi connectivity index (χ1v) is 8.27. The summed E-state index contributed by atoms with van der Waals surface area (Å²) in [6.45, 7) is 4.00. The van der Waals surface area contributed by atoms with E-state index in [4.69, 9.17) is 16.3 Å². The smallest absolute Gasteiger partial charge is 0.0637 e. The Labute approximate surface area is 129 Å². The van der Waals surface area contributed by atoms with E-state index in [2.05, 4.69) is 33.8 Å². The van der Waals surface area contributed by atoms with Crippen molar-refractivity contribution in [2.24, 2.45) is 5.92 Å². The van der Waals surface area contributed by atoms with Gasteiger partial charge in [0, 0.05) is 35.7 Å². The molecule has 1 aromatic rings. The van der Waals surface area contributed by atoms with Gasteiger partial charge in [-0.25, -0.2) is 0 Å². The molecule has 106 valence electrons. The lowest BCUT2D eigenvalue weighted by molar-refractivity contribution is 0.202. The first kappa shape index (κ1) is 15.1. The van der Waals surface area contributed by atoms with E-state index in [0.29, 0.717) is 6.04 Å². The fraction of sp³-hybridized carbons (Fsp3) is 0.600. The first-order valence-electron chi connectivity index (χ1n) is 6.77. The topological polar surface area (TPSA) is 12.5 Å². The standard InChI is InChI=1S/C15H21BrClNO/c1-11(12-3-4-12)18(7-8-19-2)15-6-5-14(17)9-13(15)10-16/h5-6,9,11-12H,3-4,7-8,10H2,1-2H3. The predicted molar refractivity (Wildman–Crippen MR) is 85.5 cm³/mol. The van der Waals surface area contributed by atoms with E-state index in [-0.39, 0.29) is 0 Å². The Morgan fingerprint density at radius 1 is 1.47 bits per heavy atom. The van der Waals surface area contributed by atoms with Gasteiger partial charge >= 0.3 is 0 Å². The minimum Gasteiger partial charge on any atom is -0.383 e. The summed E-state index contributed by atoms with van der Waals surface area (Å²) in [6, 6.07) is 6.72. The van der Waals surface area contributed by atoms with Crippen LogP contribution >= 0.6 is 27.5 Å². The van der Waals surface area contributed by atoms with Crippen LogP contribution in [-0.2, 0) is 10.1 Å². The molecule has 0 radical (unpaired) electrons. The van der Waals surface area contributed by atoms with Crippen LogP contribution in [0, 0.1) is 5.92 Å². The summed E-state index contributed by atoms with van der Waals surface area (Å²) >= 11 is 9.66. The van der Waals surface area contributed by atoms with Gasteiger partial charge in [-0.15, -0.1) is 0 Å². The fourth-order valence-corrected chi connectivity index (χ4v) is 3.15. The third-order valence-electron chi connectivity index (χ3n) is 3.83. The molecule has 0 N–H and O–H groups in total. The van der Waals surface area contributed by atoms with Crippen LogP contribution in [0.4, 0.5) is 5.69 Å². The average molecular weight is 347 g/mol. The first-order chi connectivity index (χ1) is 9.17. The molecule has 1 aromatic carbocycles. The number of alkyl halides is 1. The zero-order valence-corrected chi connectivity index (χ0v) is 13.9. The van der Waals surface area contributed by atoms with Crippen LogP contribution in [0.3, 0.4) is 0 Å². The van der Waals surface area contributed by atoms with E-state index < -0.39 is 0 Å². The van der Waals surface area contributed by atoms with E-state index in [1.165, 1.54) is 24.1 Å². The molecule has 2 rings (SSSR count). The second-order valence-electron chi connectivity index (χ2n) is 5.17. The SMILES string of the molecule is COCCN(c1ccc(Cl)cc1CBr)C(C)C1CC1. The zero-order chi connectivity index (χ0) is 13.8. The van der Waals surface area contributed by atoms with Crippen molar-refractivity contribution in [2.75, 3.05) is 25.2 Å². The molecule has 0 spiro atoms. The van der Waals surface area contributed by atoms with Gasteiger partial charge in [0.05, 0.1) is 6.61 Å². The molecular weight excluding hydrogens is 326 g/mol. The molecule has 0 saturated heterocycles. The number of hydrogen-bond acceptors (Lipinski definition) is 2. The molecular formula is C15H21BrClNO. The molecule has 1 aliphatic carbocycles. The van der Waals surface area contributed by atoms with Gasteiger partial charge in [-0.05, 0) is 49.4 Å². The third-order valence-corrected chi connectivity index (χ3v) is 4.67. The van der Waals surface area contributed by atoms with Crippen LogP contribution < -0.4 is 4.90 Å². The number of halogens is 2. The van der Waals surface area contributed by atoms with Gasteiger partial charge < -0.3 is 9.64 Å². The summed E-state index contributed by atoms with van der Waals surface area (Å²) in [7, 11) is 1.76. The Hall–Kier alpha value is -0.250. The summed E-state index contributed by atoms with van der Waals surface area (Å²) < 4.78 is 5.26. The lowest BCUT2D eigenvalue weighted by Gasteiger charge is -2.33. The highest BCUT2D eigenvalue weighted by atomic mass is 79.9. The third kappa shape index (κ3) is 3.87. The molecule has 0 heterocycles. The van der Waals surface area contributed by atoms with Gasteiger partial charge in [0.25, 0.3) is 0 Å². The molecule has 2 nitrogen and oxygen atoms in total. The van der Waals surface area contributed by atoms with Crippen molar-refractivity contribution in [2.45, 2.75) is 31.1 Å². The summed E-state index contributed by atoms with van der Waals surface area (Å²) in [5.41, 5.74) is 2.52. The van der Waals surface area contributed by atoms with Crippen molar-refractivity contribution < 1.29 is 4.74 Å². The van der Waals surface area contributed by atoms with Crippen LogP contribution in [0.5, 0.6) is 0 Å². The van der Waals surface area contributed by atoms with Gasteiger partial charge in [-0.3, -0.25) is 0 Å². The highest BCUT2D eigenvalue weighted by Gasteiger charge is 2.32. The van der Waals surface area contributed by atoms with E-state index >= 15 is 0 Å². The number of anilines is 1.